The molecule has 0 aliphatic rings. The SMILES string of the molecule is COc1ccc(OCC(=O)Nc2c(C(=O)c3ccc(C)cc3)oc3ccccc23)cc1. The van der Waals surface area contributed by atoms with Gasteiger partial charge in [0, 0.05) is 10.9 Å². The molecule has 31 heavy (non-hydrogen) atoms. The van der Waals surface area contributed by atoms with E-state index in [0.29, 0.717) is 33.7 Å². The summed E-state index contributed by atoms with van der Waals surface area (Å²) in [4.78, 5) is 25.7. The van der Waals surface area contributed by atoms with Gasteiger partial charge in [-0.25, -0.2) is 0 Å². The van der Waals surface area contributed by atoms with Gasteiger partial charge in [0.2, 0.25) is 5.78 Å². The van der Waals surface area contributed by atoms with E-state index < -0.39 is 5.91 Å². The molecule has 0 fully saturated rings. The van der Waals surface area contributed by atoms with Gasteiger partial charge in [-0.3, -0.25) is 9.59 Å². The molecule has 4 rings (SSSR count). The van der Waals surface area contributed by atoms with Crippen LogP contribution in [-0.2, 0) is 4.79 Å². The maximum Gasteiger partial charge on any atom is 0.262 e. The Kier molecular flexibility index (Phi) is 5.71. The van der Waals surface area contributed by atoms with E-state index in [-0.39, 0.29) is 18.2 Å². The largest absolute Gasteiger partial charge is 0.497 e. The molecule has 0 saturated carbocycles. The van der Waals surface area contributed by atoms with Crippen molar-refractivity contribution in [2.24, 2.45) is 0 Å². The van der Waals surface area contributed by atoms with E-state index in [1.165, 1.54) is 0 Å². The number of hydrogen-bond donors (Lipinski definition) is 1. The number of rotatable bonds is 7. The number of ketones is 1. The Labute approximate surface area is 179 Å². The van der Waals surface area contributed by atoms with Crippen molar-refractivity contribution in [1.82, 2.24) is 0 Å². The van der Waals surface area contributed by atoms with Crippen molar-refractivity contribution in [2.45, 2.75) is 6.92 Å². The Morgan fingerprint density at radius 2 is 1.58 bits per heavy atom. The van der Waals surface area contributed by atoms with Gasteiger partial charge < -0.3 is 19.2 Å². The molecular formula is C25H21NO5. The third kappa shape index (κ3) is 4.43. The van der Waals surface area contributed by atoms with Crippen LogP contribution < -0.4 is 14.8 Å². The van der Waals surface area contributed by atoms with Gasteiger partial charge in [-0.15, -0.1) is 0 Å². The van der Waals surface area contributed by atoms with E-state index in [9.17, 15) is 9.59 Å². The Hall–Kier alpha value is -4.06. The summed E-state index contributed by atoms with van der Waals surface area (Å²) in [7, 11) is 1.58. The second kappa shape index (κ2) is 8.75. The van der Waals surface area contributed by atoms with Crippen molar-refractivity contribution in [2.75, 3.05) is 19.0 Å². The number of ether oxygens (including phenoxy) is 2. The standard InChI is InChI=1S/C25H21NO5/c1-16-7-9-17(10-8-16)24(28)25-23(20-5-3-4-6-21(20)31-25)26-22(27)15-30-19-13-11-18(29-2)12-14-19/h3-14H,15H2,1-2H3,(H,26,27). The topological polar surface area (TPSA) is 77.8 Å². The summed E-state index contributed by atoms with van der Waals surface area (Å²) in [6.07, 6.45) is 0. The number of carbonyl (C=O) groups is 2. The Bertz CT molecular complexity index is 1220. The molecular weight excluding hydrogens is 394 g/mol. The number of furan rings is 1. The van der Waals surface area contributed by atoms with Gasteiger partial charge in [-0.05, 0) is 43.3 Å². The molecule has 0 saturated heterocycles. The maximum atomic E-state index is 13.1. The van der Waals surface area contributed by atoms with Crippen molar-refractivity contribution in [3.8, 4) is 11.5 Å². The van der Waals surface area contributed by atoms with Gasteiger partial charge in [0.25, 0.3) is 5.91 Å². The average Bonchev–Trinajstić information content (AvgIpc) is 3.16. The number of anilines is 1. The highest BCUT2D eigenvalue weighted by atomic mass is 16.5. The van der Waals surface area contributed by atoms with Crippen molar-refractivity contribution >= 4 is 28.3 Å². The molecule has 0 bridgehead atoms. The van der Waals surface area contributed by atoms with E-state index in [2.05, 4.69) is 5.32 Å². The van der Waals surface area contributed by atoms with Crippen molar-refractivity contribution in [1.29, 1.82) is 0 Å². The molecule has 0 spiro atoms. The number of amides is 1. The monoisotopic (exact) mass is 415 g/mol. The zero-order valence-corrected chi connectivity index (χ0v) is 17.2. The Morgan fingerprint density at radius 1 is 0.903 bits per heavy atom. The van der Waals surface area contributed by atoms with Gasteiger partial charge >= 0.3 is 0 Å². The molecule has 0 aliphatic carbocycles. The lowest BCUT2D eigenvalue weighted by atomic mass is 10.1. The fourth-order valence-electron chi connectivity index (χ4n) is 3.16. The van der Waals surface area contributed by atoms with Crippen LogP contribution in [0.5, 0.6) is 11.5 Å². The van der Waals surface area contributed by atoms with Gasteiger partial charge in [0.1, 0.15) is 17.1 Å². The normalized spacial score (nSPS) is 10.6. The first-order valence-corrected chi connectivity index (χ1v) is 9.75. The van der Waals surface area contributed by atoms with E-state index in [1.807, 2.05) is 31.2 Å². The Balaban J connectivity index is 1.57. The van der Waals surface area contributed by atoms with Crippen molar-refractivity contribution < 1.29 is 23.5 Å². The lowest BCUT2D eigenvalue weighted by Gasteiger charge is -2.09. The van der Waals surface area contributed by atoms with Crippen molar-refractivity contribution in [3.05, 3.63) is 89.7 Å². The van der Waals surface area contributed by atoms with Crippen LogP contribution in [0.1, 0.15) is 21.7 Å². The Morgan fingerprint density at radius 3 is 2.29 bits per heavy atom. The highest BCUT2D eigenvalue weighted by Crippen LogP contribution is 2.32. The fraction of sp³-hybridized carbons (Fsp3) is 0.120. The second-order valence-corrected chi connectivity index (χ2v) is 7.01. The van der Waals surface area contributed by atoms with Crippen LogP contribution in [0.2, 0.25) is 0 Å². The highest BCUT2D eigenvalue weighted by Gasteiger charge is 2.23. The van der Waals surface area contributed by atoms with E-state index in [0.717, 1.165) is 5.56 Å². The second-order valence-electron chi connectivity index (χ2n) is 7.01. The van der Waals surface area contributed by atoms with Crippen LogP contribution in [0.15, 0.2) is 77.2 Å². The van der Waals surface area contributed by atoms with Crippen molar-refractivity contribution in [3.63, 3.8) is 0 Å². The average molecular weight is 415 g/mol. The van der Waals surface area contributed by atoms with Gasteiger partial charge in [-0.1, -0.05) is 42.0 Å². The van der Waals surface area contributed by atoms with Crippen LogP contribution in [-0.4, -0.2) is 25.4 Å². The minimum Gasteiger partial charge on any atom is -0.497 e. The summed E-state index contributed by atoms with van der Waals surface area (Å²) in [5, 5.41) is 3.43. The van der Waals surface area contributed by atoms with Crippen LogP contribution in [0, 0.1) is 6.92 Å². The first-order chi connectivity index (χ1) is 15.0. The molecule has 6 nitrogen and oxygen atoms in total. The summed E-state index contributed by atoms with van der Waals surface area (Å²) in [5.41, 5.74) is 2.38. The summed E-state index contributed by atoms with van der Waals surface area (Å²) in [5.74, 6) is 0.607. The molecule has 0 aliphatic heterocycles. The molecule has 4 aromatic rings. The quantitative estimate of drug-likeness (QED) is 0.430. The van der Waals surface area contributed by atoms with Crippen LogP contribution in [0.4, 0.5) is 5.69 Å². The molecule has 3 aromatic carbocycles. The van der Waals surface area contributed by atoms with E-state index in [4.69, 9.17) is 13.9 Å². The number of carbonyl (C=O) groups excluding carboxylic acids is 2. The number of benzene rings is 3. The lowest BCUT2D eigenvalue weighted by Crippen LogP contribution is -2.21. The first kappa shape index (κ1) is 20.2. The number of aryl methyl sites for hydroxylation is 1. The molecule has 1 amide bonds. The number of nitrogens with one attached hydrogen (secondary N) is 1. The minimum absolute atomic E-state index is 0.0860. The van der Waals surface area contributed by atoms with Crippen LogP contribution >= 0.6 is 0 Å². The van der Waals surface area contributed by atoms with Crippen LogP contribution in [0.3, 0.4) is 0 Å². The number of hydrogen-bond acceptors (Lipinski definition) is 5. The third-order valence-corrected chi connectivity index (χ3v) is 4.81. The predicted octanol–water partition coefficient (Wildman–Crippen LogP) is 5.00. The fourth-order valence-corrected chi connectivity index (χ4v) is 3.16. The zero-order chi connectivity index (χ0) is 21.8. The highest BCUT2D eigenvalue weighted by molar-refractivity contribution is 6.17. The van der Waals surface area contributed by atoms with Gasteiger partial charge in [0.05, 0.1) is 12.8 Å². The summed E-state index contributed by atoms with van der Waals surface area (Å²) in [6.45, 7) is 1.73. The molecule has 0 unspecified atom stereocenters. The molecule has 1 heterocycles. The zero-order valence-electron chi connectivity index (χ0n) is 17.2. The lowest BCUT2D eigenvalue weighted by molar-refractivity contribution is -0.118. The summed E-state index contributed by atoms with van der Waals surface area (Å²) >= 11 is 0. The molecule has 6 heteroatoms. The smallest absolute Gasteiger partial charge is 0.262 e. The molecule has 1 aromatic heterocycles. The number of fused-ring (bicyclic) bond motifs is 1. The first-order valence-electron chi connectivity index (χ1n) is 9.75. The van der Waals surface area contributed by atoms with E-state index in [1.54, 1.807) is 55.6 Å². The molecule has 0 radical (unpaired) electrons. The maximum absolute atomic E-state index is 13.1. The molecule has 1 N–H and O–H groups in total. The molecule has 0 atom stereocenters. The third-order valence-electron chi connectivity index (χ3n) is 4.81. The number of para-hydroxylation sites is 1. The van der Waals surface area contributed by atoms with E-state index >= 15 is 0 Å². The van der Waals surface area contributed by atoms with Gasteiger partial charge in [0.15, 0.2) is 12.4 Å². The predicted molar refractivity (Wildman–Crippen MR) is 118 cm³/mol. The summed E-state index contributed by atoms with van der Waals surface area (Å²) < 4.78 is 16.5. The molecule has 156 valence electrons. The summed E-state index contributed by atoms with van der Waals surface area (Å²) in [6, 6.07) is 21.3. The van der Waals surface area contributed by atoms with Crippen LogP contribution in [0.25, 0.3) is 11.0 Å². The number of methoxy groups -OCH3 is 1. The minimum atomic E-state index is -0.402. The van der Waals surface area contributed by atoms with Gasteiger partial charge in [-0.2, -0.15) is 0 Å².